The van der Waals surface area contributed by atoms with E-state index >= 15 is 0 Å². The molecule has 1 aromatic heterocycles. The average Bonchev–Trinajstić information content (AvgIpc) is 3.35. The first-order chi connectivity index (χ1) is 15.1. The van der Waals surface area contributed by atoms with E-state index in [1.807, 2.05) is 59.5 Å². The molecule has 2 amide bonds. The zero-order valence-corrected chi connectivity index (χ0v) is 17.6. The lowest BCUT2D eigenvalue weighted by atomic mass is 10.1. The summed E-state index contributed by atoms with van der Waals surface area (Å²) in [6, 6.07) is 20.4. The maximum atomic E-state index is 12.6. The van der Waals surface area contributed by atoms with Gasteiger partial charge in [-0.15, -0.1) is 0 Å². The molecule has 31 heavy (non-hydrogen) atoms. The number of hydrogen-bond acceptors (Lipinski definition) is 5. The summed E-state index contributed by atoms with van der Waals surface area (Å²) in [5, 5.41) is 5.77. The van der Waals surface area contributed by atoms with E-state index in [0.717, 1.165) is 30.0 Å². The lowest BCUT2D eigenvalue weighted by molar-refractivity contribution is 0.0746. The quantitative estimate of drug-likeness (QED) is 0.613. The Labute approximate surface area is 185 Å². The molecular weight excluding hydrogens is 412 g/mol. The van der Waals surface area contributed by atoms with Crippen molar-refractivity contribution in [3.05, 3.63) is 84.3 Å². The van der Waals surface area contributed by atoms with Gasteiger partial charge in [-0.1, -0.05) is 18.2 Å². The van der Waals surface area contributed by atoms with Gasteiger partial charge in [0.25, 0.3) is 11.8 Å². The number of benzene rings is 2. The van der Waals surface area contributed by atoms with Crippen LogP contribution in [-0.4, -0.2) is 48.0 Å². The van der Waals surface area contributed by atoms with E-state index in [9.17, 15) is 9.59 Å². The van der Waals surface area contributed by atoms with E-state index in [1.165, 1.54) is 6.26 Å². The van der Waals surface area contributed by atoms with E-state index in [4.69, 9.17) is 16.6 Å². The molecule has 2 N–H and O–H groups in total. The third-order valence-electron chi connectivity index (χ3n) is 5.05. The van der Waals surface area contributed by atoms with Crippen LogP contribution < -0.4 is 15.5 Å². The van der Waals surface area contributed by atoms with Gasteiger partial charge in [0.2, 0.25) is 0 Å². The van der Waals surface area contributed by atoms with E-state index in [1.54, 1.807) is 12.1 Å². The predicted octanol–water partition coefficient (Wildman–Crippen LogP) is 3.37. The number of hydrogen-bond donors (Lipinski definition) is 2. The van der Waals surface area contributed by atoms with Crippen molar-refractivity contribution in [1.82, 2.24) is 10.2 Å². The van der Waals surface area contributed by atoms with Crippen LogP contribution in [0, 0.1) is 0 Å². The number of carbonyl (C=O) groups is 2. The second-order valence-electron chi connectivity index (χ2n) is 7.08. The number of amides is 2. The van der Waals surface area contributed by atoms with E-state index in [2.05, 4.69) is 15.5 Å². The highest BCUT2D eigenvalue weighted by atomic mass is 32.1. The molecule has 2 aromatic carbocycles. The lowest BCUT2D eigenvalue weighted by Gasteiger charge is -2.36. The number of nitrogens with zero attached hydrogens (tertiary/aromatic N) is 2. The molecule has 0 atom stereocenters. The van der Waals surface area contributed by atoms with Crippen LogP contribution in [0.25, 0.3) is 0 Å². The third kappa shape index (κ3) is 5.10. The molecular formula is C23H22N4O3S. The number of anilines is 2. The molecule has 0 aliphatic carbocycles. The minimum atomic E-state index is -0.401. The Hall–Kier alpha value is -3.65. The summed E-state index contributed by atoms with van der Waals surface area (Å²) < 4.78 is 5.05. The molecule has 4 rings (SSSR count). The maximum Gasteiger partial charge on any atom is 0.293 e. The van der Waals surface area contributed by atoms with Crippen LogP contribution in [0.2, 0.25) is 0 Å². The third-order valence-corrected chi connectivity index (χ3v) is 5.25. The number of thiocarbonyl (C=S) groups is 1. The molecule has 0 saturated carbocycles. The van der Waals surface area contributed by atoms with Crippen molar-refractivity contribution in [2.24, 2.45) is 0 Å². The molecule has 3 aromatic rings. The molecule has 1 aliphatic rings. The Morgan fingerprint density at radius 2 is 1.58 bits per heavy atom. The van der Waals surface area contributed by atoms with Gasteiger partial charge in [-0.05, 0) is 60.7 Å². The molecule has 0 bridgehead atoms. The second kappa shape index (κ2) is 9.44. The molecule has 0 radical (unpaired) electrons. The van der Waals surface area contributed by atoms with Crippen LogP contribution in [0.15, 0.2) is 77.4 Å². The van der Waals surface area contributed by atoms with E-state index in [-0.39, 0.29) is 16.8 Å². The SMILES string of the molecule is O=C(NC(=S)Nc1ccc(N2CCN(C(=O)c3ccccc3)CC2)cc1)c1ccco1. The van der Waals surface area contributed by atoms with Gasteiger partial charge in [-0.3, -0.25) is 14.9 Å². The molecule has 0 unspecified atom stereocenters. The van der Waals surface area contributed by atoms with Crippen molar-refractivity contribution in [2.75, 3.05) is 36.4 Å². The van der Waals surface area contributed by atoms with Crippen LogP contribution in [-0.2, 0) is 0 Å². The Bertz CT molecular complexity index is 1040. The fourth-order valence-corrected chi connectivity index (χ4v) is 3.63. The Balaban J connectivity index is 1.28. The molecule has 0 spiro atoms. The maximum absolute atomic E-state index is 12.6. The highest BCUT2D eigenvalue weighted by Crippen LogP contribution is 2.20. The highest BCUT2D eigenvalue weighted by Gasteiger charge is 2.22. The standard InChI is InChI=1S/C23H22N4O3S/c28-21(20-7-4-16-30-20)25-23(31)24-18-8-10-19(11-9-18)26-12-14-27(15-13-26)22(29)17-5-2-1-3-6-17/h1-11,16H,12-15H2,(H2,24,25,28,31). The highest BCUT2D eigenvalue weighted by molar-refractivity contribution is 7.80. The summed E-state index contributed by atoms with van der Waals surface area (Å²) in [4.78, 5) is 28.7. The number of furan rings is 1. The van der Waals surface area contributed by atoms with Crippen molar-refractivity contribution in [3.8, 4) is 0 Å². The Morgan fingerprint density at radius 1 is 0.871 bits per heavy atom. The van der Waals surface area contributed by atoms with E-state index in [0.29, 0.717) is 13.1 Å². The van der Waals surface area contributed by atoms with Gasteiger partial charge < -0.3 is 19.5 Å². The second-order valence-corrected chi connectivity index (χ2v) is 7.49. The van der Waals surface area contributed by atoms with Crippen molar-refractivity contribution < 1.29 is 14.0 Å². The van der Waals surface area contributed by atoms with Crippen LogP contribution in [0.3, 0.4) is 0 Å². The summed E-state index contributed by atoms with van der Waals surface area (Å²) in [6.07, 6.45) is 1.43. The number of carbonyl (C=O) groups excluding carboxylic acids is 2. The molecule has 1 saturated heterocycles. The fraction of sp³-hybridized carbons (Fsp3) is 0.174. The minimum Gasteiger partial charge on any atom is -0.459 e. The summed E-state index contributed by atoms with van der Waals surface area (Å²) in [5.41, 5.74) is 2.57. The van der Waals surface area contributed by atoms with E-state index < -0.39 is 5.91 Å². The van der Waals surface area contributed by atoms with Crippen LogP contribution in [0.5, 0.6) is 0 Å². The molecule has 7 nitrogen and oxygen atoms in total. The summed E-state index contributed by atoms with van der Waals surface area (Å²) in [7, 11) is 0. The first-order valence-corrected chi connectivity index (χ1v) is 10.4. The summed E-state index contributed by atoms with van der Waals surface area (Å²) in [6.45, 7) is 2.89. The van der Waals surface area contributed by atoms with Gasteiger partial charge in [-0.2, -0.15) is 0 Å². The number of piperazine rings is 1. The molecule has 2 heterocycles. The molecule has 1 aliphatic heterocycles. The van der Waals surface area contributed by atoms with Crippen molar-refractivity contribution in [3.63, 3.8) is 0 Å². The predicted molar refractivity (Wildman–Crippen MR) is 123 cm³/mol. The van der Waals surface area contributed by atoms with Crippen molar-refractivity contribution in [1.29, 1.82) is 0 Å². The smallest absolute Gasteiger partial charge is 0.293 e. The van der Waals surface area contributed by atoms with Crippen molar-refractivity contribution in [2.45, 2.75) is 0 Å². The first-order valence-electron chi connectivity index (χ1n) is 9.95. The lowest BCUT2D eigenvalue weighted by Crippen LogP contribution is -2.48. The summed E-state index contributed by atoms with van der Waals surface area (Å²) in [5.74, 6) is -0.128. The largest absolute Gasteiger partial charge is 0.459 e. The zero-order chi connectivity index (χ0) is 21.6. The Kier molecular flexibility index (Phi) is 6.28. The van der Waals surface area contributed by atoms with Gasteiger partial charge in [0, 0.05) is 43.1 Å². The van der Waals surface area contributed by atoms with Crippen LogP contribution in [0.1, 0.15) is 20.9 Å². The Morgan fingerprint density at radius 3 is 2.23 bits per heavy atom. The van der Waals surface area contributed by atoms with Gasteiger partial charge in [0.1, 0.15) is 0 Å². The van der Waals surface area contributed by atoms with Gasteiger partial charge in [-0.25, -0.2) is 0 Å². The van der Waals surface area contributed by atoms with Gasteiger partial charge >= 0.3 is 0 Å². The fourth-order valence-electron chi connectivity index (χ4n) is 3.42. The molecule has 158 valence electrons. The normalized spacial score (nSPS) is 13.5. The first kappa shape index (κ1) is 20.6. The molecule has 8 heteroatoms. The minimum absolute atomic E-state index is 0.0740. The number of rotatable bonds is 4. The monoisotopic (exact) mass is 434 g/mol. The topological polar surface area (TPSA) is 77.8 Å². The van der Waals surface area contributed by atoms with Crippen LogP contribution >= 0.6 is 12.2 Å². The number of nitrogens with one attached hydrogen (secondary N) is 2. The summed E-state index contributed by atoms with van der Waals surface area (Å²) >= 11 is 5.19. The van der Waals surface area contributed by atoms with Crippen LogP contribution in [0.4, 0.5) is 11.4 Å². The van der Waals surface area contributed by atoms with Gasteiger partial charge in [0.15, 0.2) is 10.9 Å². The van der Waals surface area contributed by atoms with Crippen molar-refractivity contribution >= 4 is 40.5 Å². The average molecular weight is 435 g/mol. The molecule has 1 fully saturated rings. The zero-order valence-electron chi connectivity index (χ0n) is 16.8. The van der Waals surface area contributed by atoms with Gasteiger partial charge in [0.05, 0.1) is 6.26 Å².